The van der Waals surface area contributed by atoms with Crippen molar-refractivity contribution in [2.75, 3.05) is 0 Å². The Balaban J connectivity index is 2.40. The summed E-state index contributed by atoms with van der Waals surface area (Å²) < 4.78 is 38.4. The molecule has 1 aromatic heterocycles. The summed E-state index contributed by atoms with van der Waals surface area (Å²) in [5.74, 6) is 0. The van der Waals surface area contributed by atoms with Crippen LogP contribution >= 0.6 is 11.6 Å². The van der Waals surface area contributed by atoms with Crippen LogP contribution in [-0.4, -0.2) is 9.78 Å². The van der Waals surface area contributed by atoms with Crippen LogP contribution in [0.4, 0.5) is 13.2 Å². The van der Waals surface area contributed by atoms with Gasteiger partial charge in [-0.05, 0) is 17.7 Å². The second-order valence-corrected chi connectivity index (χ2v) is 4.07. The molecule has 0 bridgehead atoms. The molecular formula is C11H9ClF3N3. The Morgan fingerprint density at radius 1 is 1.33 bits per heavy atom. The number of aromatic nitrogens is 2. The lowest BCUT2D eigenvalue weighted by Gasteiger charge is -2.06. The van der Waals surface area contributed by atoms with E-state index in [0.29, 0.717) is 17.3 Å². The SMILES string of the molecule is NCc1ccc(-n2cc(C(F)(F)F)cn2)c(Cl)c1. The maximum absolute atomic E-state index is 12.4. The number of hydrogen-bond acceptors (Lipinski definition) is 2. The molecule has 0 unspecified atom stereocenters. The lowest BCUT2D eigenvalue weighted by atomic mass is 10.2. The second kappa shape index (κ2) is 4.62. The predicted molar refractivity (Wildman–Crippen MR) is 61.5 cm³/mol. The Hall–Kier alpha value is -1.53. The average molecular weight is 276 g/mol. The van der Waals surface area contributed by atoms with Crippen molar-refractivity contribution in [2.45, 2.75) is 12.7 Å². The Labute approximate surface area is 106 Å². The van der Waals surface area contributed by atoms with Gasteiger partial charge in [-0.1, -0.05) is 17.7 Å². The number of rotatable bonds is 2. The van der Waals surface area contributed by atoms with Crippen molar-refractivity contribution in [3.8, 4) is 5.69 Å². The molecule has 0 saturated heterocycles. The van der Waals surface area contributed by atoms with E-state index in [0.717, 1.165) is 22.6 Å². The predicted octanol–water partition coefficient (Wildman–Crippen LogP) is 3.00. The molecule has 2 N–H and O–H groups in total. The lowest BCUT2D eigenvalue weighted by Crippen LogP contribution is -2.03. The monoisotopic (exact) mass is 275 g/mol. The molecular weight excluding hydrogens is 267 g/mol. The molecule has 0 aliphatic heterocycles. The summed E-state index contributed by atoms with van der Waals surface area (Å²) in [7, 11) is 0. The first kappa shape index (κ1) is 12.9. The van der Waals surface area contributed by atoms with Crippen LogP contribution < -0.4 is 5.73 Å². The van der Waals surface area contributed by atoms with Gasteiger partial charge in [0.25, 0.3) is 0 Å². The molecule has 0 fully saturated rings. The number of halogens is 4. The van der Waals surface area contributed by atoms with E-state index >= 15 is 0 Å². The van der Waals surface area contributed by atoms with Gasteiger partial charge in [0, 0.05) is 12.7 Å². The number of alkyl halides is 3. The summed E-state index contributed by atoms with van der Waals surface area (Å²) in [4.78, 5) is 0. The van der Waals surface area contributed by atoms with Gasteiger partial charge in [0.05, 0.1) is 22.5 Å². The zero-order chi connectivity index (χ0) is 13.3. The molecule has 18 heavy (non-hydrogen) atoms. The van der Waals surface area contributed by atoms with Crippen LogP contribution in [0.15, 0.2) is 30.6 Å². The van der Waals surface area contributed by atoms with E-state index in [1.165, 1.54) is 0 Å². The summed E-state index contributed by atoms with van der Waals surface area (Å²) in [6.45, 7) is 0.312. The van der Waals surface area contributed by atoms with Crippen molar-refractivity contribution in [2.24, 2.45) is 5.73 Å². The van der Waals surface area contributed by atoms with E-state index in [1.807, 2.05) is 0 Å². The highest BCUT2D eigenvalue weighted by atomic mass is 35.5. The Morgan fingerprint density at radius 2 is 2.06 bits per heavy atom. The highest BCUT2D eigenvalue weighted by Gasteiger charge is 2.32. The van der Waals surface area contributed by atoms with Gasteiger partial charge in [0.2, 0.25) is 0 Å². The van der Waals surface area contributed by atoms with Gasteiger partial charge >= 0.3 is 6.18 Å². The molecule has 7 heteroatoms. The van der Waals surface area contributed by atoms with E-state index in [2.05, 4.69) is 5.10 Å². The Bertz CT molecular complexity index is 563. The number of nitrogens with two attached hydrogens (primary N) is 1. The van der Waals surface area contributed by atoms with Crippen LogP contribution in [-0.2, 0) is 12.7 Å². The molecule has 0 aliphatic rings. The standard InChI is InChI=1S/C11H9ClF3N3/c12-9-3-7(4-16)1-2-10(9)18-6-8(5-17-18)11(13,14)15/h1-3,5-6H,4,16H2. The normalized spacial score (nSPS) is 11.8. The molecule has 0 spiro atoms. The zero-order valence-electron chi connectivity index (χ0n) is 9.08. The first-order valence-electron chi connectivity index (χ1n) is 5.02. The fraction of sp³-hybridized carbons (Fsp3) is 0.182. The number of hydrogen-bond donors (Lipinski definition) is 1. The summed E-state index contributed by atoms with van der Waals surface area (Å²) in [6.07, 6.45) is -2.77. The van der Waals surface area contributed by atoms with E-state index in [-0.39, 0.29) is 0 Å². The molecule has 96 valence electrons. The largest absolute Gasteiger partial charge is 0.419 e. The van der Waals surface area contributed by atoms with E-state index in [1.54, 1.807) is 18.2 Å². The smallest absolute Gasteiger partial charge is 0.326 e. The minimum Gasteiger partial charge on any atom is -0.326 e. The molecule has 2 rings (SSSR count). The van der Waals surface area contributed by atoms with Gasteiger partial charge in [-0.15, -0.1) is 0 Å². The van der Waals surface area contributed by atoms with Crippen molar-refractivity contribution in [3.63, 3.8) is 0 Å². The first-order chi connectivity index (χ1) is 8.41. The highest BCUT2D eigenvalue weighted by molar-refractivity contribution is 6.32. The molecule has 1 aromatic carbocycles. The van der Waals surface area contributed by atoms with Crippen molar-refractivity contribution in [3.05, 3.63) is 46.7 Å². The second-order valence-electron chi connectivity index (χ2n) is 3.66. The topological polar surface area (TPSA) is 43.8 Å². The first-order valence-corrected chi connectivity index (χ1v) is 5.40. The van der Waals surface area contributed by atoms with Crippen molar-refractivity contribution >= 4 is 11.6 Å². The van der Waals surface area contributed by atoms with Gasteiger partial charge in [-0.2, -0.15) is 18.3 Å². The van der Waals surface area contributed by atoms with Crippen molar-refractivity contribution in [1.29, 1.82) is 0 Å². The van der Waals surface area contributed by atoms with Crippen LogP contribution in [0.25, 0.3) is 5.69 Å². The maximum Gasteiger partial charge on any atom is 0.419 e. The number of nitrogens with zero attached hydrogens (tertiary/aromatic N) is 2. The summed E-state index contributed by atoms with van der Waals surface area (Å²) in [5.41, 5.74) is 5.80. The van der Waals surface area contributed by atoms with Gasteiger partial charge in [0.1, 0.15) is 0 Å². The van der Waals surface area contributed by atoms with Crippen LogP contribution in [0.3, 0.4) is 0 Å². The third kappa shape index (κ3) is 2.49. The van der Waals surface area contributed by atoms with Crippen molar-refractivity contribution in [1.82, 2.24) is 9.78 Å². The molecule has 0 amide bonds. The van der Waals surface area contributed by atoms with E-state index < -0.39 is 11.7 Å². The molecule has 2 aromatic rings. The summed E-state index contributed by atoms with van der Waals surface area (Å²) in [5, 5.41) is 3.95. The molecule has 0 saturated carbocycles. The van der Waals surface area contributed by atoms with Gasteiger partial charge in [0.15, 0.2) is 0 Å². The fourth-order valence-corrected chi connectivity index (χ4v) is 1.75. The fourth-order valence-electron chi connectivity index (χ4n) is 1.46. The molecule has 0 radical (unpaired) electrons. The Kier molecular flexibility index (Phi) is 3.32. The maximum atomic E-state index is 12.4. The summed E-state index contributed by atoms with van der Waals surface area (Å²) in [6, 6.07) is 4.87. The van der Waals surface area contributed by atoms with Crippen LogP contribution in [0, 0.1) is 0 Å². The van der Waals surface area contributed by atoms with Crippen molar-refractivity contribution < 1.29 is 13.2 Å². The van der Waals surface area contributed by atoms with Gasteiger partial charge < -0.3 is 5.73 Å². The highest BCUT2D eigenvalue weighted by Crippen LogP contribution is 2.30. The quantitative estimate of drug-likeness (QED) is 0.916. The summed E-state index contributed by atoms with van der Waals surface area (Å²) >= 11 is 5.97. The van der Waals surface area contributed by atoms with E-state index in [4.69, 9.17) is 17.3 Å². The minimum absolute atomic E-state index is 0.301. The molecule has 1 heterocycles. The molecule has 0 atom stereocenters. The van der Waals surface area contributed by atoms with Crippen LogP contribution in [0.1, 0.15) is 11.1 Å². The van der Waals surface area contributed by atoms with Crippen LogP contribution in [0.5, 0.6) is 0 Å². The third-order valence-corrected chi connectivity index (χ3v) is 2.71. The molecule has 0 aliphatic carbocycles. The average Bonchev–Trinajstić information content (AvgIpc) is 2.77. The van der Waals surface area contributed by atoms with Crippen LogP contribution in [0.2, 0.25) is 5.02 Å². The van der Waals surface area contributed by atoms with E-state index in [9.17, 15) is 13.2 Å². The minimum atomic E-state index is -4.41. The molecule has 3 nitrogen and oxygen atoms in total. The van der Waals surface area contributed by atoms with Gasteiger partial charge in [-0.25, -0.2) is 4.68 Å². The number of benzene rings is 1. The Morgan fingerprint density at radius 3 is 2.56 bits per heavy atom. The third-order valence-electron chi connectivity index (χ3n) is 2.40. The zero-order valence-corrected chi connectivity index (χ0v) is 9.83. The lowest BCUT2D eigenvalue weighted by molar-refractivity contribution is -0.137. The van der Waals surface area contributed by atoms with Gasteiger partial charge in [-0.3, -0.25) is 0 Å².